The van der Waals surface area contributed by atoms with E-state index in [0.29, 0.717) is 17.7 Å². The summed E-state index contributed by atoms with van der Waals surface area (Å²) in [5, 5.41) is 0.314. The molecule has 0 bridgehead atoms. The number of ether oxygens (including phenoxy) is 3. The molecule has 0 N–H and O–H groups in total. The van der Waals surface area contributed by atoms with E-state index in [1.54, 1.807) is 12.1 Å². The number of carbonyl (C=O) groups excluding carboxylic acids is 2. The molecule has 0 amide bonds. The van der Waals surface area contributed by atoms with Crippen LogP contribution in [-0.2, 0) is 9.59 Å². The van der Waals surface area contributed by atoms with Crippen LogP contribution in [0.4, 0.5) is 0 Å². The Balaban J connectivity index is 2.39. The van der Waals surface area contributed by atoms with E-state index in [4.69, 9.17) is 18.6 Å². The molecule has 0 saturated carbocycles. The Labute approximate surface area is 150 Å². The third-order valence-electron chi connectivity index (χ3n) is 3.24. The van der Waals surface area contributed by atoms with Gasteiger partial charge in [-0.25, -0.2) is 4.79 Å². The SMILES string of the molecule is CCC=CCCOc1ccc2c(OC(C)=O)c(OC(C)=O)c(=O)oc2c1. The summed E-state index contributed by atoms with van der Waals surface area (Å²) in [5.74, 6) is -1.51. The Morgan fingerprint density at radius 1 is 1.08 bits per heavy atom. The van der Waals surface area contributed by atoms with Crippen LogP contribution in [0.3, 0.4) is 0 Å². The highest BCUT2D eigenvalue weighted by molar-refractivity contribution is 5.90. The molecule has 0 aliphatic carbocycles. The number of fused-ring (bicyclic) bond motifs is 1. The Morgan fingerprint density at radius 2 is 1.77 bits per heavy atom. The standard InChI is InChI=1S/C19H20O7/c1-4-5-6-7-10-23-14-8-9-15-16(11-14)26-19(22)18(25-13(3)21)17(15)24-12(2)20/h5-6,8-9,11H,4,7,10H2,1-3H3. The summed E-state index contributed by atoms with van der Waals surface area (Å²) in [6, 6.07) is 4.74. The topological polar surface area (TPSA) is 92.0 Å². The maximum absolute atomic E-state index is 12.1. The first-order valence-corrected chi connectivity index (χ1v) is 8.17. The fourth-order valence-corrected chi connectivity index (χ4v) is 2.23. The Morgan fingerprint density at radius 3 is 2.42 bits per heavy atom. The lowest BCUT2D eigenvalue weighted by molar-refractivity contribution is -0.134. The molecule has 1 aromatic heterocycles. The molecular weight excluding hydrogens is 340 g/mol. The van der Waals surface area contributed by atoms with Crippen LogP contribution in [0.25, 0.3) is 11.0 Å². The molecule has 1 aromatic carbocycles. The summed E-state index contributed by atoms with van der Waals surface area (Å²) in [7, 11) is 0. The summed E-state index contributed by atoms with van der Waals surface area (Å²) in [4.78, 5) is 34.7. The Hall–Kier alpha value is -3.09. The van der Waals surface area contributed by atoms with Crippen molar-refractivity contribution in [3.63, 3.8) is 0 Å². The van der Waals surface area contributed by atoms with Crippen LogP contribution in [0.1, 0.15) is 33.6 Å². The minimum atomic E-state index is -0.924. The minimum Gasteiger partial charge on any atom is -0.493 e. The smallest absolute Gasteiger partial charge is 0.383 e. The monoisotopic (exact) mass is 360 g/mol. The fraction of sp³-hybridized carbons (Fsp3) is 0.316. The Bertz CT molecular complexity index is 893. The number of hydrogen-bond donors (Lipinski definition) is 0. The van der Waals surface area contributed by atoms with Crippen molar-refractivity contribution in [2.75, 3.05) is 6.61 Å². The van der Waals surface area contributed by atoms with E-state index < -0.39 is 23.3 Å². The molecule has 7 nitrogen and oxygen atoms in total. The highest BCUT2D eigenvalue weighted by atomic mass is 16.6. The predicted molar refractivity (Wildman–Crippen MR) is 94.6 cm³/mol. The molecule has 0 aliphatic rings. The van der Waals surface area contributed by atoms with Gasteiger partial charge in [-0.05, 0) is 25.0 Å². The van der Waals surface area contributed by atoms with Gasteiger partial charge in [-0.1, -0.05) is 19.1 Å². The maximum atomic E-state index is 12.1. The van der Waals surface area contributed by atoms with E-state index in [1.807, 2.05) is 19.1 Å². The van der Waals surface area contributed by atoms with Crippen molar-refractivity contribution in [3.8, 4) is 17.2 Å². The van der Waals surface area contributed by atoms with E-state index >= 15 is 0 Å². The van der Waals surface area contributed by atoms with Crippen LogP contribution >= 0.6 is 0 Å². The normalized spacial score (nSPS) is 10.9. The number of rotatable bonds is 7. The van der Waals surface area contributed by atoms with Gasteiger partial charge in [0.25, 0.3) is 5.75 Å². The summed E-state index contributed by atoms with van der Waals surface area (Å²) in [5.41, 5.74) is -0.768. The van der Waals surface area contributed by atoms with Crippen LogP contribution in [-0.4, -0.2) is 18.5 Å². The molecule has 0 radical (unpaired) electrons. The van der Waals surface area contributed by atoms with Gasteiger partial charge in [0, 0.05) is 19.9 Å². The molecule has 0 spiro atoms. The first-order valence-electron chi connectivity index (χ1n) is 8.17. The lowest BCUT2D eigenvalue weighted by Crippen LogP contribution is -2.15. The Kier molecular flexibility index (Phi) is 6.54. The van der Waals surface area contributed by atoms with Crippen LogP contribution < -0.4 is 19.8 Å². The first-order chi connectivity index (χ1) is 12.4. The zero-order chi connectivity index (χ0) is 19.1. The second-order valence-electron chi connectivity index (χ2n) is 5.41. The second-order valence-corrected chi connectivity index (χ2v) is 5.41. The third kappa shape index (κ3) is 4.95. The van der Waals surface area contributed by atoms with Crippen LogP contribution in [0, 0.1) is 0 Å². The van der Waals surface area contributed by atoms with Gasteiger partial charge in [0.15, 0.2) is 5.75 Å². The molecule has 2 aromatic rings. The zero-order valence-electron chi connectivity index (χ0n) is 14.9. The van der Waals surface area contributed by atoms with Crippen LogP contribution in [0.15, 0.2) is 39.6 Å². The largest absolute Gasteiger partial charge is 0.493 e. The maximum Gasteiger partial charge on any atom is 0.383 e. The van der Waals surface area contributed by atoms with Gasteiger partial charge in [0.2, 0.25) is 0 Å². The van der Waals surface area contributed by atoms with Crippen LogP contribution in [0.2, 0.25) is 0 Å². The average Bonchev–Trinajstić information content (AvgIpc) is 2.57. The third-order valence-corrected chi connectivity index (χ3v) is 3.24. The highest BCUT2D eigenvalue weighted by Crippen LogP contribution is 2.34. The van der Waals surface area contributed by atoms with E-state index in [9.17, 15) is 14.4 Å². The molecule has 0 aliphatic heterocycles. The highest BCUT2D eigenvalue weighted by Gasteiger charge is 2.21. The molecule has 0 atom stereocenters. The number of carbonyl (C=O) groups is 2. The van der Waals surface area contributed by atoms with E-state index in [-0.39, 0.29) is 11.3 Å². The van der Waals surface area contributed by atoms with Crippen LogP contribution in [0.5, 0.6) is 17.2 Å². The predicted octanol–water partition coefficient (Wildman–Crippen LogP) is 3.38. The van der Waals surface area contributed by atoms with E-state index in [2.05, 4.69) is 0 Å². The fourth-order valence-electron chi connectivity index (χ4n) is 2.23. The summed E-state index contributed by atoms with van der Waals surface area (Å²) < 4.78 is 20.7. The molecule has 7 heteroatoms. The molecule has 26 heavy (non-hydrogen) atoms. The summed E-state index contributed by atoms with van der Waals surface area (Å²) in [6.07, 6.45) is 5.78. The molecule has 0 saturated heterocycles. The lowest BCUT2D eigenvalue weighted by Gasteiger charge is -2.11. The van der Waals surface area contributed by atoms with Crippen molar-refractivity contribution in [1.82, 2.24) is 0 Å². The van der Waals surface area contributed by atoms with Crippen molar-refractivity contribution in [3.05, 3.63) is 40.8 Å². The van der Waals surface area contributed by atoms with Crippen molar-refractivity contribution in [1.29, 1.82) is 0 Å². The number of benzene rings is 1. The molecule has 2 rings (SSSR count). The molecular formula is C19H20O7. The first kappa shape index (κ1) is 19.2. The van der Waals surface area contributed by atoms with Crippen molar-refractivity contribution >= 4 is 22.9 Å². The average molecular weight is 360 g/mol. The van der Waals surface area contributed by atoms with E-state index in [0.717, 1.165) is 19.8 Å². The molecule has 138 valence electrons. The molecule has 0 fully saturated rings. The number of esters is 2. The van der Waals surface area contributed by atoms with Gasteiger partial charge >= 0.3 is 17.6 Å². The zero-order valence-corrected chi connectivity index (χ0v) is 14.9. The minimum absolute atomic E-state index is 0.156. The number of hydrogen-bond acceptors (Lipinski definition) is 7. The van der Waals surface area contributed by atoms with Gasteiger partial charge < -0.3 is 18.6 Å². The molecule has 1 heterocycles. The van der Waals surface area contributed by atoms with Gasteiger partial charge in [-0.3, -0.25) is 9.59 Å². The van der Waals surface area contributed by atoms with Gasteiger partial charge in [0.05, 0.1) is 12.0 Å². The molecule has 0 unspecified atom stereocenters. The lowest BCUT2D eigenvalue weighted by atomic mass is 10.2. The van der Waals surface area contributed by atoms with Crippen molar-refractivity contribution in [2.24, 2.45) is 0 Å². The van der Waals surface area contributed by atoms with Crippen molar-refractivity contribution < 1.29 is 28.2 Å². The second kappa shape index (κ2) is 8.84. The van der Waals surface area contributed by atoms with Gasteiger partial charge in [-0.15, -0.1) is 0 Å². The van der Waals surface area contributed by atoms with Gasteiger partial charge in [0.1, 0.15) is 11.3 Å². The van der Waals surface area contributed by atoms with Crippen molar-refractivity contribution in [2.45, 2.75) is 33.6 Å². The quantitative estimate of drug-likeness (QED) is 0.323. The summed E-state index contributed by atoms with van der Waals surface area (Å²) in [6.45, 7) is 4.83. The number of allylic oxidation sites excluding steroid dienone is 1. The van der Waals surface area contributed by atoms with Gasteiger partial charge in [-0.2, -0.15) is 0 Å². The van der Waals surface area contributed by atoms with E-state index in [1.165, 1.54) is 13.0 Å². The summed E-state index contributed by atoms with van der Waals surface area (Å²) >= 11 is 0.